The number of ether oxygens (including phenoxy) is 1. The van der Waals surface area contributed by atoms with Crippen molar-refractivity contribution < 1.29 is 39.9 Å². The van der Waals surface area contributed by atoms with Gasteiger partial charge in [-0.2, -0.15) is 0 Å². The number of carbonyl (C=O) groups excluding carboxylic acids is 2. The van der Waals surface area contributed by atoms with Gasteiger partial charge in [-0.3, -0.25) is 9.59 Å². The summed E-state index contributed by atoms with van der Waals surface area (Å²) in [6.45, 7) is -0.202. The van der Waals surface area contributed by atoms with Crippen LogP contribution in [0.1, 0.15) is 13.3 Å². The van der Waals surface area contributed by atoms with Gasteiger partial charge in [0.2, 0.25) is 0 Å². The van der Waals surface area contributed by atoms with Crippen molar-refractivity contribution in [2.45, 2.75) is 25.6 Å². The van der Waals surface area contributed by atoms with Gasteiger partial charge in [0.25, 0.3) is 0 Å². The first-order chi connectivity index (χ1) is 8.37. The van der Waals surface area contributed by atoms with Crippen LogP contribution in [0.3, 0.4) is 0 Å². The number of hydrogen-bond acceptors (Lipinski definition) is 8. The van der Waals surface area contributed by atoms with Crippen LogP contribution in [0.5, 0.6) is 0 Å². The Morgan fingerprint density at radius 1 is 1.00 bits per heavy atom. The molecule has 1 atom stereocenters. The maximum atomic E-state index is 10.6. The van der Waals surface area contributed by atoms with E-state index in [1.54, 1.807) is 0 Å². The standard InChI is InChI=1S/C7H12O5.C3H8O3/c1-5(9)2-7(11)12-4-6(10)3-8;4-1-3(6)2-5/h6,8,10H,2-4H2,1H3;3-6H,1-2H2. The SMILES string of the molecule is CC(=O)CC(=O)OCC(O)CO.OCC(O)CO. The van der Waals surface area contributed by atoms with Gasteiger partial charge in [0.1, 0.15) is 31.0 Å². The average molecular weight is 268 g/mol. The first-order valence-electron chi connectivity index (χ1n) is 5.21. The maximum absolute atomic E-state index is 10.6. The first kappa shape index (κ1) is 19.3. The van der Waals surface area contributed by atoms with E-state index in [-0.39, 0.29) is 32.0 Å². The summed E-state index contributed by atoms with van der Waals surface area (Å²) in [5, 5.41) is 41.1. The van der Waals surface area contributed by atoms with Crippen LogP contribution in [-0.2, 0) is 14.3 Å². The third-order valence-corrected chi connectivity index (χ3v) is 1.46. The second-order valence-corrected chi connectivity index (χ2v) is 3.42. The summed E-state index contributed by atoms with van der Waals surface area (Å²) in [4.78, 5) is 21.0. The predicted octanol–water partition coefficient (Wildman–Crippen LogP) is -2.81. The minimum absolute atomic E-state index is 0.275. The molecule has 0 saturated carbocycles. The quantitative estimate of drug-likeness (QED) is 0.246. The van der Waals surface area contributed by atoms with E-state index in [0.717, 1.165) is 0 Å². The lowest BCUT2D eigenvalue weighted by Gasteiger charge is -2.06. The number of aliphatic hydroxyl groups excluding tert-OH is 5. The molecule has 18 heavy (non-hydrogen) atoms. The van der Waals surface area contributed by atoms with Crippen LogP contribution >= 0.6 is 0 Å². The van der Waals surface area contributed by atoms with Crippen LogP contribution in [0.25, 0.3) is 0 Å². The van der Waals surface area contributed by atoms with E-state index in [0.29, 0.717) is 0 Å². The molecule has 0 spiro atoms. The van der Waals surface area contributed by atoms with Crippen molar-refractivity contribution in [3.05, 3.63) is 0 Å². The summed E-state index contributed by atoms with van der Waals surface area (Å²) in [7, 11) is 0. The second-order valence-electron chi connectivity index (χ2n) is 3.42. The summed E-state index contributed by atoms with van der Waals surface area (Å²) >= 11 is 0. The van der Waals surface area contributed by atoms with Gasteiger partial charge in [0.05, 0.1) is 19.8 Å². The van der Waals surface area contributed by atoms with Crippen LogP contribution in [0.2, 0.25) is 0 Å². The number of hydrogen-bond donors (Lipinski definition) is 5. The highest BCUT2D eigenvalue weighted by Gasteiger charge is 2.09. The smallest absolute Gasteiger partial charge is 0.313 e. The highest BCUT2D eigenvalue weighted by molar-refractivity contribution is 5.94. The number of rotatable bonds is 7. The van der Waals surface area contributed by atoms with E-state index in [1.807, 2.05) is 0 Å². The topological polar surface area (TPSA) is 145 Å². The largest absolute Gasteiger partial charge is 0.463 e. The van der Waals surface area contributed by atoms with Crippen LogP contribution in [-0.4, -0.2) is 75.9 Å². The lowest BCUT2D eigenvalue weighted by molar-refractivity contribution is -0.149. The van der Waals surface area contributed by atoms with E-state index in [2.05, 4.69) is 4.74 Å². The summed E-state index contributed by atoms with van der Waals surface area (Å²) in [5.41, 5.74) is 0. The number of aliphatic hydroxyl groups is 5. The molecular formula is C10H20O8. The van der Waals surface area contributed by atoms with Crippen molar-refractivity contribution in [2.75, 3.05) is 26.4 Å². The number of Topliss-reactive ketones (excluding diaryl/α,β-unsaturated/α-hetero) is 1. The molecule has 0 rings (SSSR count). The third kappa shape index (κ3) is 14.9. The summed E-state index contributed by atoms with van der Waals surface area (Å²) in [6.07, 6.45) is -2.32. The van der Waals surface area contributed by atoms with Gasteiger partial charge in [-0.1, -0.05) is 0 Å². The summed E-state index contributed by atoms with van der Waals surface area (Å²) < 4.78 is 4.44. The Hall–Kier alpha value is -1.06. The summed E-state index contributed by atoms with van der Waals surface area (Å²) in [6, 6.07) is 0. The molecule has 0 amide bonds. The molecule has 0 saturated heterocycles. The molecule has 0 bridgehead atoms. The van der Waals surface area contributed by atoms with E-state index < -0.39 is 24.8 Å². The van der Waals surface area contributed by atoms with Crippen molar-refractivity contribution in [3.63, 3.8) is 0 Å². The fraction of sp³-hybridized carbons (Fsp3) is 0.800. The van der Waals surface area contributed by atoms with Gasteiger partial charge in [0, 0.05) is 0 Å². The highest BCUT2D eigenvalue weighted by atomic mass is 16.5. The van der Waals surface area contributed by atoms with Crippen molar-refractivity contribution in [1.82, 2.24) is 0 Å². The van der Waals surface area contributed by atoms with Crippen LogP contribution in [0.4, 0.5) is 0 Å². The number of esters is 1. The molecule has 0 aliphatic carbocycles. The highest BCUT2D eigenvalue weighted by Crippen LogP contribution is 1.90. The fourth-order valence-corrected chi connectivity index (χ4v) is 0.554. The Morgan fingerprint density at radius 3 is 1.72 bits per heavy atom. The van der Waals surface area contributed by atoms with Gasteiger partial charge in [-0.05, 0) is 6.92 Å². The maximum Gasteiger partial charge on any atom is 0.313 e. The lowest BCUT2D eigenvalue weighted by Crippen LogP contribution is -2.22. The predicted molar refractivity (Wildman–Crippen MR) is 59.5 cm³/mol. The molecule has 0 aliphatic heterocycles. The van der Waals surface area contributed by atoms with Crippen LogP contribution in [0.15, 0.2) is 0 Å². The molecule has 0 aliphatic rings. The molecule has 0 fully saturated rings. The van der Waals surface area contributed by atoms with Crippen LogP contribution < -0.4 is 0 Å². The Bertz CT molecular complexity index is 226. The molecule has 0 heterocycles. The van der Waals surface area contributed by atoms with Gasteiger partial charge in [-0.25, -0.2) is 0 Å². The minimum atomic E-state index is -1.07. The van der Waals surface area contributed by atoms with E-state index in [9.17, 15) is 9.59 Å². The molecule has 1 unspecified atom stereocenters. The average Bonchev–Trinajstić information content (AvgIpc) is 2.34. The zero-order valence-corrected chi connectivity index (χ0v) is 10.2. The Labute approximate surface area is 104 Å². The van der Waals surface area contributed by atoms with E-state index >= 15 is 0 Å². The van der Waals surface area contributed by atoms with Crippen LogP contribution in [0, 0.1) is 0 Å². The third-order valence-electron chi connectivity index (χ3n) is 1.46. The molecule has 8 heteroatoms. The zero-order valence-electron chi connectivity index (χ0n) is 10.2. The Morgan fingerprint density at radius 2 is 1.44 bits per heavy atom. The Kier molecular flexibility index (Phi) is 13.3. The van der Waals surface area contributed by atoms with Crippen molar-refractivity contribution >= 4 is 11.8 Å². The van der Waals surface area contributed by atoms with Crippen molar-refractivity contribution in [3.8, 4) is 0 Å². The molecule has 0 radical (unpaired) electrons. The molecule has 5 N–H and O–H groups in total. The normalized spacial score (nSPS) is 11.5. The second kappa shape index (κ2) is 12.4. The number of carbonyl (C=O) groups is 2. The molecule has 0 aromatic rings. The minimum Gasteiger partial charge on any atom is -0.463 e. The summed E-state index contributed by atoms with van der Waals surface area (Å²) in [5.74, 6) is -0.978. The monoisotopic (exact) mass is 268 g/mol. The molecule has 8 nitrogen and oxygen atoms in total. The first-order valence-corrected chi connectivity index (χ1v) is 5.21. The Balaban J connectivity index is 0. The molecule has 0 aromatic carbocycles. The van der Waals surface area contributed by atoms with E-state index in [1.165, 1.54) is 6.92 Å². The van der Waals surface area contributed by atoms with Gasteiger partial charge >= 0.3 is 5.97 Å². The van der Waals surface area contributed by atoms with Crippen molar-refractivity contribution in [1.29, 1.82) is 0 Å². The molecule has 108 valence electrons. The van der Waals surface area contributed by atoms with Gasteiger partial charge in [-0.15, -0.1) is 0 Å². The van der Waals surface area contributed by atoms with Crippen molar-refractivity contribution in [2.24, 2.45) is 0 Å². The van der Waals surface area contributed by atoms with Gasteiger partial charge in [0.15, 0.2) is 0 Å². The number of ketones is 1. The zero-order chi connectivity index (χ0) is 14.6. The van der Waals surface area contributed by atoms with E-state index in [4.69, 9.17) is 25.5 Å². The fourth-order valence-electron chi connectivity index (χ4n) is 0.554. The van der Waals surface area contributed by atoms with Gasteiger partial charge < -0.3 is 30.3 Å². The molecule has 0 aromatic heterocycles. The molecular weight excluding hydrogens is 248 g/mol. The lowest BCUT2D eigenvalue weighted by atomic mass is 10.3.